The second-order valence-electron chi connectivity index (χ2n) is 9.24. The van der Waals surface area contributed by atoms with E-state index in [1.54, 1.807) is 42.5 Å². The summed E-state index contributed by atoms with van der Waals surface area (Å²) in [5.74, 6) is -0.781. The van der Waals surface area contributed by atoms with Crippen molar-refractivity contribution in [3.8, 4) is 0 Å². The molecule has 0 aliphatic heterocycles. The molecule has 7 nitrogen and oxygen atoms in total. The van der Waals surface area contributed by atoms with Crippen LogP contribution in [0, 0.1) is 3.57 Å². The van der Waals surface area contributed by atoms with Crippen LogP contribution in [0.2, 0.25) is 10.0 Å². The Balaban J connectivity index is 1.95. The van der Waals surface area contributed by atoms with Crippen molar-refractivity contribution in [2.75, 3.05) is 17.1 Å². The number of hydrogen-bond acceptors (Lipinski definition) is 4. The van der Waals surface area contributed by atoms with Crippen molar-refractivity contribution in [3.63, 3.8) is 0 Å². The topological polar surface area (TPSA) is 86.8 Å². The maximum Gasteiger partial charge on any atom is 0.244 e. The molecule has 0 saturated heterocycles. The number of carbonyl (C=O) groups is 2. The predicted octanol–water partition coefficient (Wildman–Crippen LogP) is 5.62. The largest absolute Gasteiger partial charge is 0.352 e. The third-order valence-corrected chi connectivity index (χ3v) is 9.09. The fourth-order valence-corrected chi connectivity index (χ4v) is 6.26. The number of amides is 2. The Kier molecular flexibility index (Phi) is 10.9. The van der Waals surface area contributed by atoms with Crippen LogP contribution in [-0.4, -0.2) is 50.0 Å². The first-order chi connectivity index (χ1) is 17.5. The highest BCUT2D eigenvalue weighted by atomic mass is 127. The molecule has 0 aromatic heterocycles. The van der Waals surface area contributed by atoms with Crippen LogP contribution in [0.3, 0.4) is 0 Å². The molecular formula is C26H32Cl2IN3O4S. The summed E-state index contributed by atoms with van der Waals surface area (Å²) in [5, 5.41) is 3.84. The Morgan fingerprint density at radius 2 is 1.65 bits per heavy atom. The van der Waals surface area contributed by atoms with E-state index in [2.05, 4.69) is 27.9 Å². The summed E-state index contributed by atoms with van der Waals surface area (Å²) in [6.07, 6.45) is 6.47. The van der Waals surface area contributed by atoms with Crippen LogP contribution in [0.4, 0.5) is 5.69 Å². The van der Waals surface area contributed by atoms with E-state index in [9.17, 15) is 18.0 Å². The van der Waals surface area contributed by atoms with Crippen LogP contribution in [0.5, 0.6) is 0 Å². The first kappa shape index (κ1) is 30.0. The Morgan fingerprint density at radius 1 is 1.05 bits per heavy atom. The van der Waals surface area contributed by atoms with Gasteiger partial charge in [-0.15, -0.1) is 0 Å². The molecule has 37 heavy (non-hydrogen) atoms. The standard InChI is InChI=1S/C26H32Cl2IN3O4S/c1-3-24(26(34)30-19-8-5-4-6-9-19)31(16-21-22(27)10-7-11-23(21)28)25(33)17-32(37(2,35)36)20-14-12-18(29)13-15-20/h7,10-15,19,24H,3-6,8-9,16-17H2,1-2H3,(H,30,34)/t24-/m0/s1. The molecule has 1 N–H and O–H groups in total. The third kappa shape index (κ3) is 8.21. The molecule has 0 radical (unpaired) electrons. The SMILES string of the molecule is CC[C@@H](C(=O)NC1CCCCC1)N(Cc1c(Cl)cccc1Cl)C(=O)CN(c1ccc(I)cc1)S(C)(=O)=O. The van der Waals surface area contributed by atoms with Gasteiger partial charge in [0.1, 0.15) is 12.6 Å². The van der Waals surface area contributed by atoms with Gasteiger partial charge in [-0.2, -0.15) is 0 Å². The molecule has 2 aromatic carbocycles. The monoisotopic (exact) mass is 679 g/mol. The number of rotatable bonds is 10. The average molecular weight is 680 g/mol. The van der Waals surface area contributed by atoms with Gasteiger partial charge in [-0.25, -0.2) is 8.42 Å². The van der Waals surface area contributed by atoms with Gasteiger partial charge in [-0.05, 0) is 78.3 Å². The highest BCUT2D eigenvalue weighted by Crippen LogP contribution is 2.28. The number of carbonyl (C=O) groups excluding carboxylic acids is 2. The molecule has 11 heteroatoms. The van der Waals surface area contributed by atoms with Gasteiger partial charge in [0, 0.05) is 31.8 Å². The van der Waals surface area contributed by atoms with E-state index in [4.69, 9.17) is 23.2 Å². The summed E-state index contributed by atoms with van der Waals surface area (Å²) >= 11 is 15.0. The molecule has 0 bridgehead atoms. The Morgan fingerprint density at radius 3 is 2.19 bits per heavy atom. The molecule has 2 aromatic rings. The number of hydrogen-bond donors (Lipinski definition) is 1. The molecule has 1 saturated carbocycles. The smallest absolute Gasteiger partial charge is 0.244 e. The maximum absolute atomic E-state index is 13.8. The lowest BCUT2D eigenvalue weighted by molar-refractivity contribution is -0.140. The van der Waals surface area contributed by atoms with E-state index in [1.807, 2.05) is 6.92 Å². The van der Waals surface area contributed by atoms with Crippen LogP contribution in [0.15, 0.2) is 42.5 Å². The molecule has 0 unspecified atom stereocenters. The van der Waals surface area contributed by atoms with Crippen molar-refractivity contribution < 1.29 is 18.0 Å². The minimum Gasteiger partial charge on any atom is -0.352 e. The van der Waals surface area contributed by atoms with Crippen molar-refractivity contribution in [2.24, 2.45) is 0 Å². The zero-order valence-corrected chi connectivity index (χ0v) is 25.4. The van der Waals surface area contributed by atoms with Crippen LogP contribution in [0.1, 0.15) is 51.0 Å². The van der Waals surface area contributed by atoms with E-state index in [0.717, 1.165) is 46.2 Å². The van der Waals surface area contributed by atoms with Gasteiger partial charge in [0.15, 0.2) is 0 Å². The van der Waals surface area contributed by atoms with Gasteiger partial charge >= 0.3 is 0 Å². The molecule has 202 valence electrons. The van der Waals surface area contributed by atoms with Crippen molar-refractivity contribution in [2.45, 2.75) is 64.1 Å². The highest BCUT2D eigenvalue weighted by Gasteiger charge is 2.33. The van der Waals surface area contributed by atoms with Crippen LogP contribution < -0.4 is 9.62 Å². The van der Waals surface area contributed by atoms with Crippen LogP contribution >= 0.6 is 45.8 Å². The first-order valence-corrected chi connectivity index (χ1v) is 16.0. The molecule has 0 spiro atoms. The van der Waals surface area contributed by atoms with Gasteiger partial charge in [0.25, 0.3) is 0 Å². The van der Waals surface area contributed by atoms with E-state index < -0.39 is 28.5 Å². The number of halogens is 3. The minimum atomic E-state index is -3.79. The molecular weight excluding hydrogens is 648 g/mol. The Hall–Kier alpha value is -1.56. The van der Waals surface area contributed by atoms with Crippen molar-refractivity contribution in [1.82, 2.24) is 10.2 Å². The van der Waals surface area contributed by atoms with Gasteiger partial charge in [0.05, 0.1) is 11.9 Å². The summed E-state index contributed by atoms with van der Waals surface area (Å²) in [5.41, 5.74) is 0.870. The number of benzene rings is 2. The number of nitrogens with zero attached hydrogens (tertiary/aromatic N) is 2. The fourth-order valence-electron chi connectivity index (χ4n) is 4.54. The Labute approximate surface area is 243 Å². The number of anilines is 1. The normalized spacial score (nSPS) is 15.2. The first-order valence-electron chi connectivity index (χ1n) is 12.3. The summed E-state index contributed by atoms with van der Waals surface area (Å²) in [4.78, 5) is 28.7. The van der Waals surface area contributed by atoms with Crippen molar-refractivity contribution >= 4 is 73.3 Å². The zero-order valence-electron chi connectivity index (χ0n) is 20.9. The third-order valence-electron chi connectivity index (χ3n) is 6.52. The van der Waals surface area contributed by atoms with E-state index in [0.29, 0.717) is 27.7 Å². The Bertz CT molecular complexity index is 1180. The van der Waals surface area contributed by atoms with Crippen LogP contribution in [0.25, 0.3) is 0 Å². The maximum atomic E-state index is 13.8. The minimum absolute atomic E-state index is 0.0295. The average Bonchev–Trinajstić information content (AvgIpc) is 2.84. The highest BCUT2D eigenvalue weighted by molar-refractivity contribution is 14.1. The van der Waals surface area contributed by atoms with E-state index in [-0.39, 0.29) is 18.5 Å². The fraction of sp³-hybridized carbons (Fsp3) is 0.462. The molecule has 3 rings (SSSR count). The molecule has 2 amide bonds. The van der Waals surface area contributed by atoms with Gasteiger partial charge in [-0.3, -0.25) is 13.9 Å². The van der Waals surface area contributed by atoms with E-state index >= 15 is 0 Å². The van der Waals surface area contributed by atoms with Crippen LogP contribution in [-0.2, 0) is 26.2 Å². The van der Waals surface area contributed by atoms with Crippen molar-refractivity contribution in [1.29, 1.82) is 0 Å². The lowest BCUT2D eigenvalue weighted by atomic mass is 9.95. The number of sulfonamides is 1. The van der Waals surface area contributed by atoms with E-state index in [1.165, 1.54) is 4.90 Å². The molecule has 0 heterocycles. The lowest BCUT2D eigenvalue weighted by Crippen LogP contribution is -2.54. The summed E-state index contributed by atoms with van der Waals surface area (Å²) in [6, 6.07) is 11.1. The van der Waals surface area contributed by atoms with Gasteiger partial charge in [-0.1, -0.05) is 55.5 Å². The van der Waals surface area contributed by atoms with Gasteiger partial charge in [0.2, 0.25) is 21.8 Å². The summed E-state index contributed by atoms with van der Waals surface area (Å²) in [6.45, 7) is 1.33. The number of nitrogens with one attached hydrogen (secondary N) is 1. The summed E-state index contributed by atoms with van der Waals surface area (Å²) in [7, 11) is -3.79. The molecule has 1 aliphatic carbocycles. The molecule has 1 aliphatic rings. The zero-order chi connectivity index (χ0) is 27.2. The second-order valence-corrected chi connectivity index (χ2v) is 13.2. The van der Waals surface area contributed by atoms with Crippen molar-refractivity contribution in [3.05, 3.63) is 61.6 Å². The summed E-state index contributed by atoms with van der Waals surface area (Å²) < 4.78 is 27.4. The van der Waals surface area contributed by atoms with Gasteiger partial charge < -0.3 is 10.2 Å². The lowest BCUT2D eigenvalue weighted by Gasteiger charge is -2.34. The molecule has 1 atom stereocenters. The predicted molar refractivity (Wildman–Crippen MR) is 157 cm³/mol. The quantitative estimate of drug-likeness (QED) is 0.331. The second kappa shape index (κ2) is 13.5. The molecule has 1 fully saturated rings.